The van der Waals surface area contributed by atoms with Crippen molar-refractivity contribution in [3.8, 4) is 11.5 Å². The van der Waals surface area contributed by atoms with Crippen molar-refractivity contribution in [1.82, 2.24) is 14.8 Å². The van der Waals surface area contributed by atoms with Gasteiger partial charge in [0, 0.05) is 11.8 Å². The molecule has 0 spiro atoms. The zero-order valence-corrected chi connectivity index (χ0v) is 10.6. The SMILES string of the molecule is Nc1ncn(CC(=O)Nc2ccc3c(c2)OCCO3)n1. The van der Waals surface area contributed by atoms with E-state index in [1.54, 1.807) is 18.2 Å². The predicted octanol–water partition coefficient (Wildman–Crippen LogP) is 0.270. The van der Waals surface area contributed by atoms with Crippen molar-refractivity contribution in [3.05, 3.63) is 24.5 Å². The Hall–Kier alpha value is -2.77. The molecule has 3 rings (SSSR count). The number of fused-ring (bicyclic) bond motifs is 1. The van der Waals surface area contributed by atoms with Gasteiger partial charge in [0.05, 0.1) is 0 Å². The van der Waals surface area contributed by atoms with E-state index in [4.69, 9.17) is 15.2 Å². The third-order valence-electron chi connectivity index (χ3n) is 2.69. The number of anilines is 2. The van der Waals surface area contributed by atoms with Crippen LogP contribution in [0.5, 0.6) is 11.5 Å². The van der Waals surface area contributed by atoms with Gasteiger partial charge in [-0.15, -0.1) is 5.10 Å². The molecule has 0 fully saturated rings. The Kier molecular flexibility index (Phi) is 3.12. The second-order valence-electron chi connectivity index (χ2n) is 4.21. The monoisotopic (exact) mass is 275 g/mol. The van der Waals surface area contributed by atoms with Crippen LogP contribution in [0.15, 0.2) is 24.5 Å². The standard InChI is InChI=1S/C12H13N5O3/c13-12-14-7-17(16-12)6-11(18)15-8-1-2-9-10(5-8)20-4-3-19-9/h1-2,5,7H,3-4,6H2,(H2,13,16)(H,15,18). The minimum Gasteiger partial charge on any atom is -0.486 e. The van der Waals surface area contributed by atoms with Crippen LogP contribution >= 0.6 is 0 Å². The first-order valence-corrected chi connectivity index (χ1v) is 6.05. The van der Waals surface area contributed by atoms with Gasteiger partial charge in [-0.2, -0.15) is 0 Å². The number of carbonyl (C=O) groups excluding carboxylic acids is 1. The molecular formula is C12H13N5O3. The summed E-state index contributed by atoms with van der Waals surface area (Å²) >= 11 is 0. The van der Waals surface area contributed by atoms with Gasteiger partial charge >= 0.3 is 0 Å². The number of hydrogen-bond acceptors (Lipinski definition) is 6. The highest BCUT2D eigenvalue weighted by Gasteiger charge is 2.13. The lowest BCUT2D eigenvalue weighted by Gasteiger charge is -2.18. The van der Waals surface area contributed by atoms with Crippen molar-refractivity contribution < 1.29 is 14.3 Å². The van der Waals surface area contributed by atoms with Crippen molar-refractivity contribution in [2.24, 2.45) is 0 Å². The van der Waals surface area contributed by atoms with Crippen LogP contribution in [0, 0.1) is 0 Å². The Morgan fingerprint density at radius 3 is 2.90 bits per heavy atom. The van der Waals surface area contributed by atoms with Crippen LogP contribution in [0.2, 0.25) is 0 Å². The molecule has 8 heteroatoms. The molecule has 0 saturated heterocycles. The number of nitrogens with zero attached hydrogens (tertiary/aromatic N) is 3. The van der Waals surface area contributed by atoms with Crippen LogP contribution in [0.1, 0.15) is 0 Å². The number of carbonyl (C=O) groups is 1. The van der Waals surface area contributed by atoms with Gasteiger partial charge in [0.1, 0.15) is 26.1 Å². The van der Waals surface area contributed by atoms with Crippen LogP contribution in [0.4, 0.5) is 11.6 Å². The normalized spacial score (nSPS) is 13.0. The van der Waals surface area contributed by atoms with Gasteiger partial charge in [-0.3, -0.25) is 4.79 Å². The topological polar surface area (TPSA) is 104 Å². The van der Waals surface area contributed by atoms with Gasteiger partial charge in [0.2, 0.25) is 11.9 Å². The maximum atomic E-state index is 11.8. The smallest absolute Gasteiger partial charge is 0.246 e. The van der Waals surface area contributed by atoms with E-state index in [0.717, 1.165) is 0 Å². The van der Waals surface area contributed by atoms with E-state index < -0.39 is 0 Å². The first-order chi connectivity index (χ1) is 9.70. The van der Waals surface area contributed by atoms with Gasteiger partial charge < -0.3 is 20.5 Å². The molecule has 0 aliphatic carbocycles. The van der Waals surface area contributed by atoms with Crippen LogP contribution in [-0.2, 0) is 11.3 Å². The lowest BCUT2D eigenvalue weighted by molar-refractivity contribution is -0.116. The van der Waals surface area contributed by atoms with Crippen molar-refractivity contribution >= 4 is 17.5 Å². The quantitative estimate of drug-likeness (QED) is 0.833. The van der Waals surface area contributed by atoms with E-state index in [1.165, 1.54) is 11.0 Å². The highest BCUT2D eigenvalue weighted by molar-refractivity contribution is 5.90. The zero-order valence-electron chi connectivity index (χ0n) is 10.6. The lowest BCUT2D eigenvalue weighted by Crippen LogP contribution is -2.20. The van der Waals surface area contributed by atoms with Crippen LogP contribution < -0.4 is 20.5 Å². The van der Waals surface area contributed by atoms with Crippen molar-refractivity contribution in [1.29, 1.82) is 0 Å². The number of benzene rings is 1. The first kappa shape index (κ1) is 12.3. The maximum Gasteiger partial charge on any atom is 0.246 e. The molecule has 0 radical (unpaired) electrons. The van der Waals surface area contributed by atoms with Gasteiger partial charge in [-0.25, -0.2) is 9.67 Å². The minimum absolute atomic E-state index is 0.0403. The maximum absolute atomic E-state index is 11.8. The van der Waals surface area contributed by atoms with E-state index in [0.29, 0.717) is 30.4 Å². The highest BCUT2D eigenvalue weighted by atomic mass is 16.6. The zero-order chi connectivity index (χ0) is 13.9. The fourth-order valence-electron chi connectivity index (χ4n) is 1.85. The van der Waals surface area contributed by atoms with E-state index in [-0.39, 0.29) is 18.4 Å². The molecule has 1 aliphatic rings. The summed E-state index contributed by atoms with van der Waals surface area (Å²) in [6.45, 7) is 1.08. The Balaban J connectivity index is 1.66. The summed E-state index contributed by atoms with van der Waals surface area (Å²) in [6, 6.07) is 5.24. The van der Waals surface area contributed by atoms with Crippen molar-refractivity contribution in [2.45, 2.75) is 6.54 Å². The van der Waals surface area contributed by atoms with Gasteiger partial charge in [-0.1, -0.05) is 0 Å². The molecular weight excluding hydrogens is 262 g/mol. The molecule has 1 aliphatic heterocycles. The molecule has 0 bridgehead atoms. The van der Waals surface area contributed by atoms with Crippen molar-refractivity contribution in [2.75, 3.05) is 24.3 Å². The number of nitrogens with two attached hydrogens (primary N) is 1. The molecule has 1 aromatic heterocycles. The summed E-state index contributed by atoms with van der Waals surface area (Å²) in [7, 11) is 0. The summed E-state index contributed by atoms with van der Waals surface area (Å²) in [5.41, 5.74) is 6.01. The summed E-state index contributed by atoms with van der Waals surface area (Å²) in [6.07, 6.45) is 1.40. The molecule has 1 aromatic carbocycles. The largest absolute Gasteiger partial charge is 0.486 e. The molecule has 1 amide bonds. The second kappa shape index (κ2) is 5.08. The Bertz CT molecular complexity index is 640. The Labute approximate surface area is 114 Å². The Morgan fingerprint density at radius 2 is 2.15 bits per heavy atom. The minimum atomic E-state index is -0.230. The predicted molar refractivity (Wildman–Crippen MR) is 70.5 cm³/mol. The number of nitrogens with one attached hydrogen (secondary N) is 1. The van der Waals surface area contributed by atoms with Crippen LogP contribution in [-0.4, -0.2) is 33.9 Å². The molecule has 3 N–H and O–H groups in total. The van der Waals surface area contributed by atoms with Crippen LogP contribution in [0.25, 0.3) is 0 Å². The highest BCUT2D eigenvalue weighted by Crippen LogP contribution is 2.32. The number of aromatic nitrogens is 3. The summed E-state index contributed by atoms with van der Waals surface area (Å²) < 4.78 is 12.2. The second-order valence-corrected chi connectivity index (χ2v) is 4.21. The first-order valence-electron chi connectivity index (χ1n) is 6.05. The summed E-state index contributed by atoms with van der Waals surface area (Å²) in [5, 5.41) is 6.59. The third kappa shape index (κ3) is 2.63. The summed E-state index contributed by atoms with van der Waals surface area (Å²) in [4.78, 5) is 15.6. The number of ether oxygens (including phenoxy) is 2. The molecule has 0 unspecified atom stereocenters. The third-order valence-corrected chi connectivity index (χ3v) is 2.69. The van der Waals surface area contributed by atoms with E-state index in [9.17, 15) is 4.79 Å². The van der Waals surface area contributed by atoms with E-state index >= 15 is 0 Å². The molecule has 104 valence electrons. The average molecular weight is 275 g/mol. The number of hydrogen-bond donors (Lipinski definition) is 2. The molecule has 0 atom stereocenters. The van der Waals surface area contributed by atoms with Crippen LogP contribution in [0.3, 0.4) is 0 Å². The van der Waals surface area contributed by atoms with E-state index in [2.05, 4.69) is 15.4 Å². The van der Waals surface area contributed by atoms with Gasteiger partial charge in [-0.05, 0) is 12.1 Å². The fourth-order valence-corrected chi connectivity index (χ4v) is 1.85. The number of rotatable bonds is 3. The molecule has 20 heavy (non-hydrogen) atoms. The van der Waals surface area contributed by atoms with Gasteiger partial charge in [0.15, 0.2) is 11.5 Å². The molecule has 8 nitrogen and oxygen atoms in total. The molecule has 0 saturated carbocycles. The molecule has 2 aromatic rings. The lowest BCUT2D eigenvalue weighted by atomic mass is 10.2. The van der Waals surface area contributed by atoms with E-state index in [1.807, 2.05) is 0 Å². The number of amides is 1. The summed E-state index contributed by atoms with van der Waals surface area (Å²) in [5.74, 6) is 1.21. The average Bonchev–Trinajstić information content (AvgIpc) is 2.83. The van der Waals surface area contributed by atoms with Gasteiger partial charge in [0.25, 0.3) is 0 Å². The Morgan fingerprint density at radius 1 is 1.35 bits per heavy atom. The van der Waals surface area contributed by atoms with Crippen molar-refractivity contribution in [3.63, 3.8) is 0 Å². The number of nitrogen functional groups attached to an aromatic ring is 1. The molecule has 2 heterocycles. The fraction of sp³-hybridized carbons (Fsp3) is 0.250.